The molecule has 0 radical (unpaired) electrons. The summed E-state index contributed by atoms with van der Waals surface area (Å²) in [5.74, 6) is 1.55. The Kier molecular flexibility index (Phi) is 3.49. The summed E-state index contributed by atoms with van der Waals surface area (Å²) < 4.78 is 6.17. The van der Waals surface area contributed by atoms with E-state index in [1.54, 1.807) is 6.20 Å². The van der Waals surface area contributed by atoms with Gasteiger partial charge in [-0.15, -0.1) is 0 Å². The summed E-state index contributed by atoms with van der Waals surface area (Å²) in [7, 11) is 0. The van der Waals surface area contributed by atoms with Gasteiger partial charge in [0.15, 0.2) is 0 Å². The maximum Gasteiger partial charge on any atom is 0.208 e. The number of nitrogens with one attached hydrogen (secondary N) is 1. The van der Waals surface area contributed by atoms with Gasteiger partial charge >= 0.3 is 0 Å². The van der Waals surface area contributed by atoms with Crippen LogP contribution in [0.15, 0.2) is 21.7 Å². The summed E-state index contributed by atoms with van der Waals surface area (Å²) in [4.78, 5) is 4.04. The van der Waals surface area contributed by atoms with Gasteiger partial charge in [0.1, 0.15) is 5.76 Å². The van der Waals surface area contributed by atoms with Gasteiger partial charge in [-0.2, -0.15) is 0 Å². The number of rotatable bonds is 4. The molecule has 0 aliphatic rings. The van der Waals surface area contributed by atoms with Crippen molar-refractivity contribution in [1.82, 2.24) is 10.3 Å². The van der Waals surface area contributed by atoms with Gasteiger partial charge in [-0.05, 0) is 6.92 Å². The maximum absolute atomic E-state index is 5.25. The van der Waals surface area contributed by atoms with Crippen LogP contribution < -0.4 is 5.32 Å². The Balaban J connectivity index is 2.29. The van der Waals surface area contributed by atoms with E-state index in [4.69, 9.17) is 4.42 Å². The highest BCUT2D eigenvalue weighted by Gasteiger charge is 1.98. The summed E-state index contributed by atoms with van der Waals surface area (Å²) >= 11 is 3.25. The summed E-state index contributed by atoms with van der Waals surface area (Å²) in [5, 5.41) is 3.11. The molecule has 66 valence electrons. The van der Waals surface area contributed by atoms with Crippen LogP contribution in [0, 0.1) is 6.92 Å². The largest absolute Gasteiger partial charge is 0.445 e. The second-order valence-corrected chi connectivity index (χ2v) is 3.61. The lowest BCUT2D eigenvalue weighted by Gasteiger charge is -1.98. The number of nitrogens with zero attached hydrogens (tertiary/aromatic N) is 1. The average Bonchev–Trinajstić information content (AvgIpc) is 2.35. The lowest BCUT2D eigenvalue weighted by atomic mass is 10.5. The van der Waals surface area contributed by atoms with Gasteiger partial charge in [-0.3, -0.25) is 0 Å². The van der Waals surface area contributed by atoms with Crippen LogP contribution in [0.2, 0.25) is 0 Å². The highest BCUT2D eigenvalue weighted by atomic mass is 79.9. The van der Waals surface area contributed by atoms with Crippen LogP contribution in [0.4, 0.5) is 0 Å². The molecule has 4 heteroatoms. The smallest absolute Gasteiger partial charge is 0.208 e. The maximum atomic E-state index is 5.25. The Labute approximate surface area is 80.0 Å². The molecule has 0 aliphatic carbocycles. The zero-order valence-electron chi connectivity index (χ0n) is 6.93. The molecular weight excluding hydrogens is 220 g/mol. The second kappa shape index (κ2) is 4.42. The Morgan fingerprint density at radius 2 is 2.58 bits per heavy atom. The van der Waals surface area contributed by atoms with Crippen molar-refractivity contribution in [3.8, 4) is 0 Å². The minimum Gasteiger partial charge on any atom is -0.445 e. The number of oxazole rings is 1. The number of aromatic nitrogens is 1. The van der Waals surface area contributed by atoms with Gasteiger partial charge in [-0.25, -0.2) is 4.98 Å². The quantitative estimate of drug-likeness (QED) is 0.860. The molecule has 0 aliphatic heterocycles. The van der Waals surface area contributed by atoms with Crippen molar-refractivity contribution in [3.05, 3.63) is 28.9 Å². The van der Waals surface area contributed by atoms with E-state index in [-0.39, 0.29) is 0 Å². The van der Waals surface area contributed by atoms with Gasteiger partial charge in [0, 0.05) is 11.0 Å². The van der Waals surface area contributed by atoms with Crippen LogP contribution in [0.25, 0.3) is 0 Å². The zero-order valence-corrected chi connectivity index (χ0v) is 8.52. The summed E-state index contributed by atoms with van der Waals surface area (Å²) in [6.45, 7) is 6.93. The van der Waals surface area contributed by atoms with E-state index >= 15 is 0 Å². The third kappa shape index (κ3) is 3.19. The minimum absolute atomic E-state index is 0.637. The van der Waals surface area contributed by atoms with E-state index < -0.39 is 0 Å². The highest BCUT2D eigenvalue weighted by molar-refractivity contribution is 9.11. The Hall–Kier alpha value is -0.610. The van der Waals surface area contributed by atoms with E-state index in [0.717, 1.165) is 16.8 Å². The molecule has 0 bridgehead atoms. The molecule has 0 spiro atoms. The molecule has 1 aromatic heterocycles. The summed E-state index contributed by atoms with van der Waals surface area (Å²) in [6.07, 6.45) is 1.71. The van der Waals surface area contributed by atoms with E-state index in [1.807, 2.05) is 6.92 Å². The predicted octanol–water partition coefficient (Wildman–Crippen LogP) is 1.98. The third-order valence-corrected chi connectivity index (χ3v) is 1.54. The first-order chi connectivity index (χ1) is 5.68. The van der Waals surface area contributed by atoms with Crippen LogP contribution in [0.1, 0.15) is 11.7 Å². The van der Waals surface area contributed by atoms with Crippen molar-refractivity contribution >= 4 is 15.9 Å². The molecule has 0 aromatic carbocycles. The third-order valence-electron chi connectivity index (χ3n) is 1.26. The van der Waals surface area contributed by atoms with Crippen molar-refractivity contribution in [1.29, 1.82) is 0 Å². The summed E-state index contributed by atoms with van der Waals surface area (Å²) in [5.41, 5.74) is 0. The topological polar surface area (TPSA) is 38.1 Å². The SMILES string of the molecule is C=C(Br)CNCc1ncc(C)o1. The van der Waals surface area contributed by atoms with E-state index in [1.165, 1.54) is 0 Å². The molecule has 12 heavy (non-hydrogen) atoms. The lowest BCUT2D eigenvalue weighted by molar-refractivity contribution is 0.455. The van der Waals surface area contributed by atoms with Crippen LogP contribution >= 0.6 is 15.9 Å². The van der Waals surface area contributed by atoms with Crippen molar-refractivity contribution < 1.29 is 4.42 Å². The molecule has 3 nitrogen and oxygen atoms in total. The molecule has 1 rings (SSSR count). The fraction of sp³-hybridized carbons (Fsp3) is 0.375. The van der Waals surface area contributed by atoms with Gasteiger partial charge < -0.3 is 9.73 Å². The first-order valence-electron chi connectivity index (χ1n) is 3.64. The molecule has 0 saturated carbocycles. The van der Waals surface area contributed by atoms with Gasteiger partial charge in [0.05, 0.1) is 12.7 Å². The molecule has 0 unspecified atom stereocenters. The van der Waals surface area contributed by atoms with Crippen molar-refractivity contribution in [3.63, 3.8) is 0 Å². The van der Waals surface area contributed by atoms with Crippen LogP contribution in [0.5, 0.6) is 0 Å². The monoisotopic (exact) mass is 230 g/mol. The molecule has 1 heterocycles. The van der Waals surface area contributed by atoms with E-state index in [0.29, 0.717) is 12.4 Å². The average molecular weight is 231 g/mol. The summed E-state index contributed by atoms with van der Waals surface area (Å²) in [6, 6.07) is 0. The number of halogens is 1. The van der Waals surface area contributed by atoms with Gasteiger partial charge in [0.2, 0.25) is 5.89 Å². The molecule has 0 fully saturated rings. The highest BCUT2D eigenvalue weighted by Crippen LogP contribution is 2.02. The molecule has 1 aromatic rings. The molecule has 0 saturated heterocycles. The van der Waals surface area contributed by atoms with E-state index in [2.05, 4.69) is 32.8 Å². The van der Waals surface area contributed by atoms with Gasteiger partial charge in [0.25, 0.3) is 0 Å². The van der Waals surface area contributed by atoms with Crippen LogP contribution in [-0.4, -0.2) is 11.5 Å². The standard InChI is InChI=1S/C8H11BrN2O/c1-6(9)3-10-5-8-11-4-7(2)12-8/h4,10H,1,3,5H2,2H3. The number of hydrogen-bond acceptors (Lipinski definition) is 3. The lowest BCUT2D eigenvalue weighted by Crippen LogP contribution is -2.14. The van der Waals surface area contributed by atoms with Gasteiger partial charge in [-0.1, -0.05) is 22.5 Å². The fourth-order valence-electron chi connectivity index (χ4n) is 0.788. The molecule has 0 atom stereocenters. The predicted molar refractivity (Wildman–Crippen MR) is 51.0 cm³/mol. The zero-order chi connectivity index (χ0) is 8.97. The molecule has 1 N–H and O–H groups in total. The Morgan fingerprint density at radius 3 is 3.08 bits per heavy atom. The van der Waals surface area contributed by atoms with Crippen LogP contribution in [-0.2, 0) is 6.54 Å². The van der Waals surface area contributed by atoms with Crippen molar-refractivity contribution in [2.75, 3.05) is 6.54 Å². The molecular formula is C8H11BrN2O. The number of hydrogen-bond donors (Lipinski definition) is 1. The Morgan fingerprint density at radius 1 is 1.83 bits per heavy atom. The van der Waals surface area contributed by atoms with Crippen LogP contribution in [0.3, 0.4) is 0 Å². The fourth-order valence-corrected chi connectivity index (χ4v) is 0.986. The minimum atomic E-state index is 0.637. The van der Waals surface area contributed by atoms with Crippen molar-refractivity contribution in [2.45, 2.75) is 13.5 Å². The molecule has 0 amide bonds. The first kappa shape index (κ1) is 9.48. The number of aryl methyl sites for hydroxylation is 1. The van der Waals surface area contributed by atoms with E-state index in [9.17, 15) is 0 Å². The Bertz CT molecular complexity index is 270. The van der Waals surface area contributed by atoms with Crippen molar-refractivity contribution in [2.24, 2.45) is 0 Å². The first-order valence-corrected chi connectivity index (χ1v) is 4.43. The second-order valence-electron chi connectivity index (χ2n) is 2.49. The normalized spacial score (nSPS) is 10.2.